The standard InChI is InChI=1S/C12H11N2PS/c16-15(10-6-2-1-3-7-10)13-11-8-4-5-9-12(11)14-15/h1-9H,(H2,13,14,16). The summed E-state index contributed by atoms with van der Waals surface area (Å²) in [5.74, 6) is 0. The van der Waals surface area contributed by atoms with E-state index in [1.165, 1.54) is 5.30 Å². The summed E-state index contributed by atoms with van der Waals surface area (Å²) in [5, 5.41) is 8.05. The Kier molecular flexibility index (Phi) is 2.23. The van der Waals surface area contributed by atoms with Crippen LogP contribution in [0.3, 0.4) is 0 Å². The third kappa shape index (κ3) is 1.53. The molecule has 0 aliphatic carbocycles. The molecule has 0 fully saturated rings. The van der Waals surface area contributed by atoms with Crippen molar-refractivity contribution >= 4 is 34.8 Å². The lowest BCUT2D eigenvalue weighted by atomic mass is 10.3. The van der Waals surface area contributed by atoms with Gasteiger partial charge in [-0.1, -0.05) is 42.5 Å². The molecular weight excluding hydrogens is 235 g/mol. The van der Waals surface area contributed by atoms with E-state index in [1.807, 2.05) is 30.3 Å². The van der Waals surface area contributed by atoms with Gasteiger partial charge < -0.3 is 10.2 Å². The van der Waals surface area contributed by atoms with Gasteiger partial charge in [0.05, 0.1) is 11.4 Å². The van der Waals surface area contributed by atoms with Crippen LogP contribution in [-0.2, 0) is 11.8 Å². The summed E-state index contributed by atoms with van der Waals surface area (Å²) in [5.41, 5.74) is 2.21. The van der Waals surface area contributed by atoms with Gasteiger partial charge in [-0.2, -0.15) is 0 Å². The highest BCUT2D eigenvalue weighted by atomic mass is 32.4. The second-order valence-corrected chi connectivity index (χ2v) is 7.54. The Morgan fingerprint density at radius 2 is 1.25 bits per heavy atom. The predicted molar refractivity (Wildman–Crippen MR) is 74.0 cm³/mol. The maximum absolute atomic E-state index is 5.73. The van der Waals surface area contributed by atoms with Gasteiger partial charge in [0.15, 0.2) is 0 Å². The molecule has 4 heteroatoms. The molecule has 0 aromatic heterocycles. The first-order valence-electron chi connectivity index (χ1n) is 5.09. The van der Waals surface area contributed by atoms with E-state index in [4.69, 9.17) is 11.8 Å². The zero-order valence-corrected chi connectivity index (χ0v) is 10.3. The van der Waals surface area contributed by atoms with Gasteiger partial charge in [0.1, 0.15) is 6.34 Å². The van der Waals surface area contributed by atoms with Crippen molar-refractivity contribution in [3.63, 3.8) is 0 Å². The maximum Gasteiger partial charge on any atom is 0.148 e. The average molecular weight is 246 g/mol. The number of hydrogen-bond donors (Lipinski definition) is 2. The third-order valence-electron chi connectivity index (χ3n) is 2.60. The Hall–Kier alpha value is -1.31. The fourth-order valence-electron chi connectivity index (χ4n) is 1.81. The van der Waals surface area contributed by atoms with Crippen LogP contribution in [0.5, 0.6) is 0 Å². The molecule has 0 bridgehead atoms. The van der Waals surface area contributed by atoms with Crippen molar-refractivity contribution in [2.24, 2.45) is 0 Å². The van der Waals surface area contributed by atoms with Gasteiger partial charge in [0.2, 0.25) is 0 Å². The molecule has 2 aromatic carbocycles. The molecule has 0 amide bonds. The summed E-state index contributed by atoms with van der Waals surface area (Å²) in [6, 6.07) is 18.4. The average Bonchev–Trinajstić information content (AvgIpc) is 2.68. The van der Waals surface area contributed by atoms with E-state index in [-0.39, 0.29) is 0 Å². The molecule has 0 saturated carbocycles. The monoisotopic (exact) mass is 246 g/mol. The number of benzene rings is 2. The van der Waals surface area contributed by atoms with Crippen molar-refractivity contribution in [1.29, 1.82) is 0 Å². The Bertz CT molecular complexity index is 539. The van der Waals surface area contributed by atoms with E-state index in [9.17, 15) is 0 Å². The second kappa shape index (κ2) is 3.62. The fraction of sp³-hybridized carbons (Fsp3) is 0. The molecule has 2 nitrogen and oxygen atoms in total. The Morgan fingerprint density at radius 3 is 1.81 bits per heavy atom. The summed E-state index contributed by atoms with van der Waals surface area (Å²) in [6.07, 6.45) is -1.87. The lowest BCUT2D eigenvalue weighted by Gasteiger charge is -2.17. The molecular formula is C12H11N2PS. The van der Waals surface area contributed by atoms with E-state index in [0.29, 0.717) is 0 Å². The van der Waals surface area contributed by atoms with Crippen LogP contribution < -0.4 is 15.5 Å². The fourth-order valence-corrected chi connectivity index (χ4v) is 4.74. The summed E-state index contributed by atoms with van der Waals surface area (Å²) < 4.78 is 0. The minimum atomic E-state index is -1.87. The van der Waals surface area contributed by atoms with Crippen LogP contribution in [0.2, 0.25) is 0 Å². The van der Waals surface area contributed by atoms with Crippen LogP contribution >= 0.6 is 6.34 Å². The number of anilines is 2. The number of rotatable bonds is 1. The van der Waals surface area contributed by atoms with Gasteiger partial charge in [-0.25, -0.2) is 0 Å². The number of fused-ring (bicyclic) bond motifs is 1. The molecule has 16 heavy (non-hydrogen) atoms. The first-order valence-corrected chi connectivity index (χ1v) is 7.89. The topological polar surface area (TPSA) is 24.1 Å². The molecule has 2 N–H and O–H groups in total. The van der Waals surface area contributed by atoms with Crippen molar-refractivity contribution in [1.82, 2.24) is 0 Å². The van der Waals surface area contributed by atoms with Crippen LogP contribution in [0.1, 0.15) is 0 Å². The van der Waals surface area contributed by atoms with Gasteiger partial charge in [-0.15, -0.1) is 0 Å². The van der Waals surface area contributed by atoms with Crippen LogP contribution in [0.15, 0.2) is 54.6 Å². The van der Waals surface area contributed by atoms with Gasteiger partial charge >= 0.3 is 0 Å². The molecule has 3 rings (SSSR count). The Balaban J connectivity index is 2.04. The molecule has 2 aromatic rings. The molecule has 0 atom stereocenters. The van der Waals surface area contributed by atoms with E-state index in [0.717, 1.165) is 11.4 Å². The zero-order chi connectivity index (χ0) is 11.0. The normalized spacial score (nSPS) is 16.0. The first-order chi connectivity index (χ1) is 7.78. The smallest absolute Gasteiger partial charge is 0.148 e. The summed E-state index contributed by atoms with van der Waals surface area (Å²) in [7, 11) is 0. The third-order valence-corrected chi connectivity index (χ3v) is 5.92. The molecule has 0 radical (unpaired) electrons. The highest BCUT2D eigenvalue weighted by molar-refractivity contribution is 8.19. The molecule has 1 aliphatic heterocycles. The summed E-state index contributed by atoms with van der Waals surface area (Å²) >= 11 is 5.73. The van der Waals surface area contributed by atoms with Crippen LogP contribution in [-0.4, -0.2) is 0 Å². The minimum Gasteiger partial charge on any atom is -0.337 e. The number of hydrogen-bond acceptors (Lipinski definition) is 1. The minimum absolute atomic E-state index is 1.11. The largest absolute Gasteiger partial charge is 0.337 e. The molecule has 80 valence electrons. The Labute approximate surface area is 99.8 Å². The molecule has 0 unspecified atom stereocenters. The quantitative estimate of drug-likeness (QED) is 0.756. The van der Waals surface area contributed by atoms with E-state index >= 15 is 0 Å². The lowest BCUT2D eigenvalue weighted by molar-refractivity contribution is 1.70. The van der Waals surface area contributed by atoms with Crippen molar-refractivity contribution in [2.45, 2.75) is 0 Å². The molecule has 0 spiro atoms. The summed E-state index contributed by atoms with van der Waals surface area (Å²) in [4.78, 5) is 0. The van der Waals surface area contributed by atoms with Crippen molar-refractivity contribution in [3.8, 4) is 0 Å². The lowest BCUT2D eigenvalue weighted by Crippen LogP contribution is -2.11. The van der Waals surface area contributed by atoms with Gasteiger partial charge in [-0.05, 0) is 23.9 Å². The summed E-state index contributed by atoms with van der Waals surface area (Å²) in [6.45, 7) is 0. The maximum atomic E-state index is 5.73. The highest BCUT2D eigenvalue weighted by Crippen LogP contribution is 2.53. The Morgan fingerprint density at radius 1 is 0.750 bits per heavy atom. The van der Waals surface area contributed by atoms with Gasteiger partial charge in [0, 0.05) is 5.30 Å². The zero-order valence-electron chi connectivity index (χ0n) is 8.55. The van der Waals surface area contributed by atoms with Crippen molar-refractivity contribution < 1.29 is 0 Å². The number of nitrogens with one attached hydrogen (secondary N) is 2. The highest BCUT2D eigenvalue weighted by Gasteiger charge is 2.26. The second-order valence-electron chi connectivity index (χ2n) is 3.71. The number of para-hydroxylation sites is 2. The predicted octanol–water partition coefficient (Wildman–Crippen LogP) is 3.16. The van der Waals surface area contributed by atoms with Gasteiger partial charge in [0.25, 0.3) is 0 Å². The van der Waals surface area contributed by atoms with Crippen LogP contribution in [0.4, 0.5) is 11.4 Å². The van der Waals surface area contributed by atoms with Crippen LogP contribution in [0, 0.1) is 0 Å². The van der Waals surface area contributed by atoms with Crippen molar-refractivity contribution in [2.75, 3.05) is 10.2 Å². The van der Waals surface area contributed by atoms with Crippen LogP contribution in [0.25, 0.3) is 0 Å². The van der Waals surface area contributed by atoms with E-state index in [1.54, 1.807) is 0 Å². The van der Waals surface area contributed by atoms with Gasteiger partial charge in [-0.3, -0.25) is 0 Å². The van der Waals surface area contributed by atoms with E-state index in [2.05, 4.69) is 34.4 Å². The molecule has 1 aliphatic rings. The first kappa shape index (κ1) is 9.88. The van der Waals surface area contributed by atoms with Crippen molar-refractivity contribution in [3.05, 3.63) is 54.6 Å². The SMILES string of the molecule is S=P1(c2ccccc2)Nc2ccccc2N1. The molecule has 0 saturated heterocycles. The molecule has 1 heterocycles. The van der Waals surface area contributed by atoms with E-state index < -0.39 is 6.34 Å².